The van der Waals surface area contributed by atoms with Crippen molar-refractivity contribution in [3.63, 3.8) is 0 Å². The Morgan fingerprint density at radius 2 is 2.00 bits per heavy atom. The van der Waals surface area contributed by atoms with Crippen molar-refractivity contribution >= 4 is 45.6 Å². The summed E-state index contributed by atoms with van der Waals surface area (Å²) in [6.45, 7) is 4.59. The highest BCUT2D eigenvalue weighted by molar-refractivity contribution is 8.02. The van der Waals surface area contributed by atoms with E-state index in [1.54, 1.807) is 27.6 Å². The second kappa shape index (κ2) is 7.19. The Morgan fingerprint density at radius 1 is 1.23 bits per heavy atom. The van der Waals surface area contributed by atoms with Crippen LogP contribution < -0.4 is 9.62 Å². The first-order valence-electron chi connectivity index (χ1n) is 8.94. The fourth-order valence-electron chi connectivity index (χ4n) is 3.81. The number of nitrogens with zero attached hydrogens (tertiary/aromatic N) is 2. The van der Waals surface area contributed by atoms with E-state index in [2.05, 4.69) is 34.7 Å². The maximum atomic E-state index is 12.2. The molecule has 1 unspecified atom stereocenters. The van der Waals surface area contributed by atoms with Crippen LogP contribution in [0, 0.1) is 12.3 Å². The Balaban J connectivity index is 1.45. The van der Waals surface area contributed by atoms with Crippen molar-refractivity contribution in [3.8, 4) is 0 Å². The average Bonchev–Trinajstić information content (AvgIpc) is 3.00. The molecule has 1 spiro atoms. The summed E-state index contributed by atoms with van der Waals surface area (Å²) in [5.41, 5.74) is 4.45. The molecule has 1 atom stereocenters. The van der Waals surface area contributed by atoms with E-state index in [-0.39, 0.29) is 0 Å². The zero-order valence-electron chi connectivity index (χ0n) is 15.4. The number of hydrogen-bond donors (Lipinski definition) is 1. The minimum Gasteiger partial charge on any atom is -0.368 e. The molecule has 1 N–H and O–H groups in total. The average molecular weight is 408 g/mol. The highest BCUT2D eigenvalue weighted by Gasteiger charge is 2.47. The second-order valence-electron chi connectivity index (χ2n) is 7.52. The molecule has 0 bridgehead atoms. The van der Waals surface area contributed by atoms with Gasteiger partial charge in [0.25, 0.3) is 0 Å². The molecule has 4 rings (SSSR count). The SMILES string of the molecule is Cc1cccc(NSc2ccc(S(=O)N(C)C)s2)c1N1CC2(CCC2)C1. The van der Waals surface area contributed by atoms with Crippen LogP contribution in [0.5, 0.6) is 0 Å². The van der Waals surface area contributed by atoms with E-state index in [0.29, 0.717) is 5.41 Å². The van der Waals surface area contributed by atoms with Crippen LogP contribution in [-0.2, 0) is 11.0 Å². The molecule has 1 aliphatic carbocycles. The van der Waals surface area contributed by atoms with Gasteiger partial charge in [0.2, 0.25) is 0 Å². The lowest BCUT2D eigenvalue weighted by molar-refractivity contribution is 0.0904. The van der Waals surface area contributed by atoms with Crippen molar-refractivity contribution in [2.24, 2.45) is 5.41 Å². The highest BCUT2D eigenvalue weighted by Crippen LogP contribution is 2.51. The smallest absolute Gasteiger partial charge is 0.137 e. The van der Waals surface area contributed by atoms with Gasteiger partial charge in [0.05, 0.1) is 15.6 Å². The van der Waals surface area contributed by atoms with Crippen LogP contribution in [0.3, 0.4) is 0 Å². The number of aryl methyl sites for hydroxylation is 1. The number of hydrogen-bond acceptors (Lipinski definition) is 5. The molecule has 2 aliphatic rings. The fourth-order valence-corrected chi connectivity index (χ4v) is 7.06. The predicted molar refractivity (Wildman–Crippen MR) is 114 cm³/mol. The van der Waals surface area contributed by atoms with Crippen molar-refractivity contribution in [1.82, 2.24) is 4.31 Å². The topological polar surface area (TPSA) is 35.6 Å². The van der Waals surface area contributed by atoms with Crippen LogP contribution in [0.1, 0.15) is 24.8 Å². The third kappa shape index (κ3) is 3.42. The molecule has 0 amide bonds. The lowest BCUT2D eigenvalue weighted by Crippen LogP contribution is -2.60. The van der Waals surface area contributed by atoms with Crippen LogP contribution in [0.2, 0.25) is 0 Å². The zero-order chi connectivity index (χ0) is 18.3. The molecule has 1 saturated carbocycles. The standard InChI is InChI=1S/C19H25N3OS3/c1-14-6-4-7-15(18(14)22-12-19(13-22)10-5-11-19)20-25-16-8-9-17(24-16)26(23)21(2)3/h4,6-9,20H,5,10-13H2,1-3H3. The van der Waals surface area contributed by atoms with Gasteiger partial charge in [0, 0.05) is 18.5 Å². The van der Waals surface area contributed by atoms with E-state index in [1.165, 1.54) is 49.3 Å². The normalized spacial score (nSPS) is 19.3. The number of benzene rings is 1. The zero-order valence-corrected chi connectivity index (χ0v) is 17.9. The van der Waals surface area contributed by atoms with Gasteiger partial charge >= 0.3 is 0 Å². The van der Waals surface area contributed by atoms with E-state index < -0.39 is 11.0 Å². The summed E-state index contributed by atoms with van der Waals surface area (Å²) in [6.07, 6.45) is 4.19. The first-order chi connectivity index (χ1) is 12.5. The van der Waals surface area contributed by atoms with E-state index in [0.717, 1.165) is 8.42 Å². The monoisotopic (exact) mass is 407 g/mol. The molecule has 1 aromatic heterocycles. The van der Waals surface area contributed by atoms with Gasteiger partial charge in [-0.2, -0.15) is 0 Å². The van der Waals surface area contributed by atoms with Gasteiger partial charge in [-0.1, -0.05) is 18.6 Å². The molecule has 7 heteroatoms. The van der Waals surface area contributed by atoms with Crippen molar-refractivity contribution in [2.45, 2.75) is 34.6 Å². The Morgan fingerprint density at radius 3 is 2.65 bits per heavy atom. The number of nitrogens with one attached hydrogen (secondary N) is 1. The number of para-hydroxylation sites is 1. The van der Waals surface area contributed by atoms with E-state index in [1.807, 2.05) is 26.2 Å². The minimum atomic E-state index is -1.07. The van der Waals surface area contributed by atoms with E-state index in [4.69, 9.17) is 0 Å². The van der Waals surface area contributed by atoms with Crippen LogP contribution in [0.15, 0.2) is 38.8 Å². The Hall–Kier alpha value is -1.02. The first kappa shape index (κ1) is 18.3. The van der Waals surface area contributed by atoms with Crippen LogP contribution in [-0.4, -0.2) is 35.7 Å². The van der Waals surface area contributed by atoms with Gasteiger partial charge in [-0.15, -0.1) is 11.3 Å². The first-order valence-corrected chi connectivity index (χ1v) is 11.7. The van der Waals surface area contributed by atoms with Crippen molar-refractivity contribution < 1.29 is 4.21 Å². The van der Waals surface area contributed by atoms with Gasteiger partial charge < -0.3 is 9.62 Å². The number of rotatable bonds is 6. The lowest BCUT2D eigenvalue weighted by atomic mass is 9.63. The van der Waals surface area contributed by atoms with Crippen LogP contribution >= 0.6 is 23.3 Å². The molecule has 2 fully saturated rings. The Bertz CT molecular complexity index is 821. The maximum Gasteiger partial charge on any atom is 0.137 e. The van der Waals surface area contributed by atoms with Crippen molar-refractivity contribution in [2.75, 3.05) is 36.8 Å². The highest BCUT2D eigenvalue weighted by atomic mass is 32.2. The maximum absolute atomic E-state index is 12.2. The predicted octanol–water partition coefficient (Wildman–Crippen LogP) is 4.75. The summed E-state index contributed by atoms with van der Waals surface area (Å²) in [4.78, 5) is 2.53. The molecule has 1 saturated heterocycles. The summed E-state index contributed by atoms with van der Waals surface area (Å²) in [5.74, 6) is 0. The molecule has 2 heterocycles. The van der Waals surface area contributed by atoms with Gasteiger partial charge in [-0.05, 0) is 69.6 Å². The molecular weight excluding hydrogens is 382 g/mol. The quantitative estimate of drug-likeness (QED) is 0.701. The molecule has 1 aliphatic heterocycles. The molecule has 0 radical (unpaired) electrons. The molecule has 4 nitrogen and oxygen atoms in total. The van der Waals surface area contributed by atoms with Crippen LogP contribution in [0.4, 0.5) is 11.4 Å². The Labute approximate surface area is 166 Å². The third-order valence-electron chi connectivity index (χ3n) is 5.34. The number of anilines is 2. The summed E-state index contributed by atoms with van der Waals surface area (Å²) in [6, 6.07) is 10.5. The molecule has 1 aromatic carbocycles. The molecule has 26 heavy (non-hydrogen) atoms. The number of thiophene rings is 1. The fraction of sp³-hybridized carbons (Fsp3) is 0.474. The third-order valence-corrected chi connectivity index (χ3v) is 9.00. The summed E-state index contributed by atoms with van der Waals surface area (Å²) in [5, 5.41) is 0. The minimum absolute atomic E-state index is 0.617. The summed E-state index contributed by atoms with van der Waals surface area (Å²) >= 11 is 3.19. The summed E-state index contributed by atoms with van der Waals surface area (Å²) < 4.78 is 19.5. The van der Waals surface area contributed by atoms with Gasteiger partial charge in [-0.25, -0.2) is 8.51 Å². The second-order valence-corrected chi connectivity index (χ2v) is 11.6. The van der Waals surface area contributed by atoms with Gasteiger partial charge in [0.15, 0.2) is 0 Å². The molecule has 140 valence electrons. The lowest BCUT2D eigenvalue weighted by Gasteiger charge is -2.57. The summed E-state index contributed by atoms with van der Waals surface area (Å²) in [7, 11) is 2.60. The van der Waals surface area contributed by atoms with E-state index >= 15 is 0 Å². The molecular formula is C19H25N3OS3. The van der Waals surface area contributed by atoms with E-state index in [9.17, 15) is 4.21 Å². The van der Waals surface area contributed by atoms with Crippen molar-refractivity contribution in [1.29, 1.82) is 0 Å². The van der Waals surface area contributed by atoms with Crippen LogP contribution in [0.25, 0.3) is 0 Å². The largest absolute Gasteiger partial charge is 0.368 e. The van der Waals surface area contributed by atoms with Gasteiger partial charge in [0.1, 0.15) is 15.2 Å². The Kier molecular flexibility index (Phi) is 5.07. The molecule has 2 aromatic rings. The van der Waals surface area contributed by atoms with Gasteiger partial charge in [-0.3, -0.25) is 0 Å². The van der Waals surface area contributed by atoms with Crippen molar-refractivity contribution in [3.05, 3.63) is 35.9 Å².